The second-order valence-corrected chi connectivity index (χ2v) is 6.89. The Bertz CT molecular complexity index is 1290. The molecular weight excluding hydrogens is 358 g/mol. The lowest BCUT2D eigenvalue weighted by molar-refractivity contribution is 0.940. The largest absolute Gasteiger partial charge is 0.338 e. The standard InChI is InChI=1S/C19H15N7S/c1-11-5-3-6-13(9-11)18-22-19-20-12(2)10-16(26(19)23-18)21-14-7-4-8-15-17(14)25-27-24-15/h3-10,21H,1-2H3. The average Bonchev–Trinajstić information content (AvgIpc) is 3.29. The van der Waals surface area contributed by atoms with E-state index >= 15 is 0 Å². The van der Waals surface area contributed by atoms with Crippen LogP contribution in [-0.4, -0.2) is 28.3 Å². The molecule has 0 aliphatic rings. The second-order valence-electron chi connectivity index (χ2n) is 6.36. The number of fused-ring (bicyclic) bond motifs is 2. The van der Waals surface area contributed by atoms with Crippen LogP contribution in [0, 0.1) is 13.8 Å². The van der Waals surface area contributed by atoms with Crippen molar-refractivity contribution in [2.45, 2.75) is 13.8 Å². The van der Waals surface area contributed by atoms with E-state index in [0.717, 1.165) is 39.4 Å². The first kappa shape index (κ1) is 15.8. The van der Waals surface area contributed by atoms with Gasteiger partial charge in [0.1, 0.15) is 16.9 Å². The number of aromatic nitrogens is 6. The van der Waals surface area contributed by atoms with Gasteiger partial charge in [-0.25, -0.2) is 4.98 Å². The Morgan fingerprint density at radius 2 is 1.85 bits per heavy atom. The number of hydrogen-bond donors (Lipinski definition) is 1. The van der Waals surface area contributed by atoms with Crippen molar-refractivity contribution < 1.29 is 0 Å². The lowest BCUT2D eigenvalue weighted by Crippen LogP contribution is -2.03. The van der Waals surface area contributed by atoms with Crippen LogP contribution in [0.5, 0.6) is 0 Å². The van der Waals surface area contributed by atoms with E-state index in [1.807, 2.05) is 43.3 Å². The first-order valence-electron chi connectivity index (χ1n) is 8.47. The van der Waals surface area contributed by atoms with Gasteiger partial charge in [-0.15, -0.1) is 5.10 Å². The van der Waals surface area contributed by atoms with Crippen molar-refractivity contribution in [3.63, 3.8) is 0 Å². The molecule has 3 aromatic heterocycles. The molecule has 0 saturated heterocycles. The van der Waals surface area contributed by atoms with Gasteiger partial charge in [-0.05, 0) is 32.0 Å². The minimum atomic E-state index is 0.553. The van der Waals surface area contributed by atoms with E-state index in [0.29, 0.717) is 11.6 Å². The molecule has 0 unspecified atom stereocenters. The molecule has 0 aliphatic carbocycles. The predicted molar refractivity (Wildman–Crippen MR) is 106 cm³/mol. The van der Waals surface area contributed by atoms with Crippen molar-refractivity contribution in [1.29, 1.82) is 0 Å². The van der Waals surface area contributed by atoms with Gasteiger partial charge in [0.05, 0.1) is 17.4 Å². The Morgan fingerprint density at radius 1 is 0.963 bits per heavy atom. The quantitative estimate of drug-likeness (QED) is 0.511. The van der Waals surface area contributed by atoms with Crippen molar-refractivity contribution in [3.8, 4) is 11.4 Å². The topological polar surface area (TPSA) is 80.9 Å². The number of hydrogen-bond acceptors (Lipinski definition) is 7. The monoisotopic (exact) mass is 373 g/mol. The summed E-state index contributed by atoms with van der Waals surface area (Å²) in [7, 11) is 0. The van der Waals surface area contributed by atoms with Gasteiger partial charge in [-0.1, -0.05) is 29.8 Å². The Hall–Kier alpha value is -3.39. The fourth-order valence-corrected chi connectivity index (χ4v) is 3.58. The minimum absolute atomic E-state index is 0.553. The molecule has 0 fully saturated rings. The summed E-state index contributed by atoms with van der Waals surface area (Å²) in [5.41, 5.74) is 5.57. The van der Waals surface area contributed by atoms with E-state index in [9.17, 15) is 0 Å². The maximum atomic E-state index is 4.68. The zero-order valence-corrected chi connectivity index (χ0v) is 15.5. The third-order valence-corrected chi connectivity index (χ3v) is 4.81. The average molecular weight is 373 g/mol. The zero-order valence-electron chi connectivity index (χ0n) is 14.7. The summed E-state index contributed by atoms with van der Waals surface area (Å²) in [6.45, 7) is 3.99. The normalized spacial score (nSPS) is 11.3. The van der Waals surface area contributed by atoms with Crippen molar-refractivity contribution in [2.75, 3.05) is 5.32 Å². The van der Waals surface area contributed by atoms with Crippen molar-refractivity contribution in [2.24, 2.45) is 0 Å². The molecule has 0 radical (unpaired) electrons. The van der Waals surface area contributed by atoms with Gasteiger partial charge in [0.15, 0.2) is 5.82 Å². The van der Waals surface area contributed by atoms with Gasteiger partial charge in [-0.2, -0.15) is 18.2 Å². The van der Waals surface area contributed by atoms with Crippen LogP contribution in [0.3, 0.4) is 0 Å². The highest BCUT2D eigenvalue weighted by Crippen LogP contribution is 2.26. The molecule has 27 heavy (non-hydrogen) atoms. The number of nitrogens with one attached hydrogen (secondary N) is 1. The van der Waals surface area contributed by atoms with Crippen LogP contribution >= 0.6 is 11.7 Å². The van der Waals surface area contributed by atoms with Gasteiger partial charge in [-0.3, -0.25) is 0 Å². The van der Waals surface area contributed by atoms with Crippen molar-refractivity contribution in [1.82, 2.24) is 28.3 Å². The second kappa shape index (κ2) is 6.10. The first-order chi connectivity index (χ1) is 13.2. The summed E-state index contributed by atoms with van der Waals surface area (Å²) in [6.07, 6.45) is 0. The summed E-state index contributed by atoms with van der Waals surface area (Å²) in [4.78, 5) is 9.14. The summed E-state index contributed by atoms with van der Waals surface area (Å²) in [6, 6.07) is 15.9. The third kappa shape index (κ3) is 2.80. The molecule has 5 rings (SSSR count). The zero-order chi connectivity index (χ0) is 18.4. The summed E-state index contributed by atoms with van der Waals surface area (Å²) < 4.78 is 10.4. The highest BCUT2D eigenvalue weighted by atomic mass is 32.1. The molecule has 7 nitrogen and oxygen atoms in total. The molecule has 8 heteroatoms. The number of benzene rings is 2. The molecule has 2 aromatic carbocycles. The maximum absolute atomic E-state index is 4.68. The highest BCUT2D eigenvalue weighted by Gasteiger charge is 2.13. The maximum Gasteiger partial charge on any atom is 0.254 e. The van der Waals surface area contributed by atoms with Crippen LogP contribution in [0.25, 0.3) is 28.2 Å². The van der Waals surface area contributed by atoms with Crippen molar-refractivity contribution >= 4 is 40.0 Å². The number of aryl methyl sites for hydroxylation is 2. The molecule has 1 N–H and O–H groups in total. The van der Waals surface area contributed by atoms with Crippen LogP contribution in [0.2, 0.25) is 0 Å². The van der Waals surface area contributed by atoms with E-state index in [4.69, 9.17) is 0 Å². The Labute approximate surface area is 159 Å². The van der Waals surface area contributed by atoms with E-state index in [2.05, 4.69) is 48.2 Å². The van der Waals surface area contributed by atoms with E-state index in [1.165, 1.54) is 11.7 Å². The Morgan fingerprint density at radius 3 is 2.74 bits per heavy atom. The molecule has 132 valence electrons. The molecule has 5 aromatic rings. The fourth-order valence-electron chi connectivity index (χ4n) is 3.03. The molecule has 0 atom stereocenters. The Kier molecular flexibility index (Phi) is 3.58. The molecule has 0 saturated carbocycles. The van der Waals surface area contributed by atoms with Crippen LogP contribution in [-0.2, 0) is 0 Å². The summed E-state index contributed by atoms with van der Waals surface area (Å²) >= 11 is 1.20. The number of anilines is 2. The van der Waals surface area contributed by atoms with Crippen LogP contribution in [0.15, 0.2) is 48.5 Å². The van der Waals surface area contributed by atoms with Crippen LogP contribution < -0.4 is 5.32 Å². The van der Waals surface area contributed by atoms with E-state index < -0.39 is 0 Å². The molecule has 0 aliphatic heterocycles. The summed E-state index contributed by atoms with van der Waals surface area (Å²) in [5, 5.41) is 8.09. The minimum Gasteiger partial charge on any atom is -0.338 e. The van der Waals surface area contributed by atoms with E-state index in [-0.39, 0.29) is 0 Å². The van der Waals surface area contributed by atoms with Gasteiger partial charge >= 0.3 is 0 Å². The van der Waals surface area contributed by atoms with Gasteiger partial charge in [0, 0.05) is 17.3 Å². The first-order valence-corrected chi connectivity index (χ1v) is 9.20. The molecule has 0 spiro atoms. The van der Waals surface area contributed by atoms with Gasteiger partial charge in [0.25, 0.3) is 5.78 Å². The molecule has 3 heterocycles. The molecular formula is C19H15N7S. The lowest BCUT2D eigenvalue weighted by atomic mass is 10.1. The number of rotatable bonds is 3. The third-order valence-electron chi connectivity index (χ3n) is 4.27. The predicted octanol–water partition coefficient (Wildman–Crippen LogP) is 4.16. The lowest BCUT2D eigenvalue weighted by Gasteiger charge is -2.08. The van der Waals surface area contributed by atoms with E-state index in [1.54, 1.807) is 4.52 Å². The van der Waals surface area contributed by atoms with Crippen LogP contribution in [0.1, 0.15) is 11.3 Å². The van der Waals surface area contributed by atoms with Crippen LogP contribution in [0.4, 0.5) is 11.5 Å². The van der Waals surface area contributed by atoms with Gasteiger partial charge in [0.2, 0.25) is 0 Å². The Balaban J connectivity index is 1.65. The molecule has 0 amide bonds. The number of nitrogens with zero attached hydrogens (tertiary/aromatic N) is 6. The van der Waals surface area contributed by atoms with Crippen molar-refractivity contribution in [3.05, 3.63) is 59.8 Å². The summed E-state index contributed by atoms with van der Waals surface area (Å²) in [5.74, 6) is 1.98. The highest BCUT2D eigenvalue weighted by molar-refractivity contribution is 7.00. The smallest absolute Gasteiger partial charge is 0.254 e. The van der Waals surface area contributed by atoms with Gasteiger partial charge < -0.3 is 5.32 Å². The molecule has 0 bridgehead atoms. The fraction of sp³-hybridized carbons (Fsp3) is 0.105. The SMILES string of the molecule is Cc1cccc(-c2nc3nc(C)cc(Nc4cccc5nsnc45)n3n2)c1.